The van der Waals surface area contributed by atoms with E-state index >= 15 is 0 Å². The molecule has 0 fully saturated rings. The Hall–Kier alpha value is -3.34. The summed E-state index contributed by atoms with van der Waals surface area (Å²) in [7, 11) is 0. The van der Waals surface area contributed by atoms with Crippen molar-refractivity contribution in [2.45, 2.75) is 6.92 Å². The van der Waals surface area contributed by atoms with Crippen molar-refractivity contribution in [3.05, 3.63) is 78.5 Å². The molecule has 0 spiro atoms. The minimum absolute atomic E-state index is 0.533. The summed E-state index contributed by atoms with van der Waals surface area (Å²) in [5, 5.41) is 14.5. The Bertz CT molecular complexity index is 948. The smallest absolute Gasteiger partial charge is 0.193 e. The SMILES string of the molecule is Cc1cc(-c2ccccc2)cc(-c2ccccc2)[n+]1-c1nn[nH]n1. The molecule has 0 bridgehead atoms. The van der Waals surface area contributed by atoms with E-state index in [0.29, 0.717) is 5.95 Å². The number of rotatable bonds is 3. The zero-order valence-corrected chi connectivity index (χ0v) is 13.2. The van der Waals surface area contributed by atoms with Crippen molar-refractivity contribution in [1.82, 2.24) is 20.6 Å². The molecule has 0 aliphatic rings. The van der Waals surface area contributed by atoms with Crippen LogP contribution in [0, 0.1) is 6.92 Å². The molecule has 2 aromatic heterocycles. The molecule has 0 saturated carbocycles. The molecule has 0 radical (unpaired) electrons. The topological polar surface area (TPSA) is 58.3 Å². The van der Waals surface area contributed by atoms with Crippen LogP contribution in [0.1, 0.15) is 5.69 Å². The summed E-state index contributed by atoms with van der Waals surface area (Å²) in [6, 6.07) is 24.9. The van der Waals surface area contributed by atoms with Gasteiger partial charge in [-0.1, -0.05) is 65.9 Å². The minimum Gasteiger partial charge on any atom is -0.193 e. The van der Waals surface area contributed by atoms with Gasteiger partial charge < -0.3 is 0 Å². The van der Waals surface area contributed by atoms with Crippen LogP contribution in [-0.4, -0.2) is 20.6 Å². The number of pyridine rings is 1. The van der Waals surface area contributed by atoms with Crippen molar-refractivity contribution < 1.29 is 4.57 Å². The number of aromatic amines is 1. The lowest BCUT2D eigenvalue weighted by Crippen LogP contribution is -2.38. The van der Waals surface area contributed by atoms with Gasteiger partial charge in [0.25, 0.3) is 0 Å². The number of aromatic nitrogens is 5. The second-order valence-corrected chi connectivity index (χ2v) is 5.55. The van der Waals surface area contributed by atoms with Gasteiger partial charge >= 0.3 is 5.95 Å². The molecule has 116 valence electrons. The fraction of sp³-hybridized carbons (Fsp3) is 0.0526. The summed E-state index contributed by atoms with van der Waals surface area (Å²) in [6.07, 6.45) is 0. The van der Waals surface area contributed by atoms with Crippen molar-refractivity contribution in [2.75, 3.05) is 0 Å². The number of benzene rings is 2. The van der Waals surface area contributed by atoms with Crippen molar-refractivity contribution in [1.29, 1.82) is 0 Å². The third kappa shape index (κ3) is 2.56. The van der Waals surface area contributed by atoms with Gasteiger partial charge in [-0.25, -0.2) is 0 Å². The fourth-order valence-electron chi connectivity index (χ4n) is 2.87. The molecule has 1 N–H and O–H groups in total. The van der Waals surface area contributed by atoms with Gasteiger partial charge in [-0.15, -0.1) is 0 Å². The molecule has 0 amide bonds. The van der Waals surface area contributed by atoms with Crippen molar-refractivity contribution in [3.8, 4) is 28.3 Å². The highest BCUT2D eigenvalue weighted by molar-refractivity contribution is 5.69. The van der Waals surface area contributed by atoms with Crippen LogP contribution in [0.5, 0.6) is 0 Å². The molecule has 0 atom stereocenters. The van der Waals surface area contributed by atoms with Crippen molar-refractivity contribution in [3.63, 3.8) is 0 Å². The fourth-order valence-corrected chi connectivity index (χ4v) is 2.87. The Balaban J connectivity index is 1.98. The number of aryl methyl sites for hydroxylation is 1. The summed E-state index contributed by atoms with van der Waals surface area (Å²) < 4.78 is 2.01. The van der Waals surface area contributed by atoms with E-state index < -0.39 is 0 Å². The second kappa shape index (κ2) is 6.04. The summed E-state index contributed by atoms with van der Waals surface area (Å²) in [4.78, 5) is 0. The van der Waals surface area contributed by atoms with E-state index in [-0.39, 0.29) is 0 Å². The van der Waals surface area contributed by atoms with Gasteiger partial charge in [0.15, 0.2) is 0 Å². The highest BCUT2D eigenvalue weighted by Gasteiger charge is 2.21. The van der Waals surface area contributed by atoms with Gasteiger partial charge in [0.1, 0.15) is 5.69 Å². The Labute approximate surface area is 139 Å². The average Bonchev–Trinajstić information content (AvgIpc) is 3.16. The number of H-pyrrole nitrogens is 1. The first kappa shape index (κ1) is 14.3. The maximum atomic E-state index is 4.15. The standard InChI is InChI=1S/C19H16N5/c1-14-12-17(15-8-4-2-5-9-15)13-18(16-10-6-3-7-11-16)24(14)19-20-22-23-21-19/h2-13H,1H3,(H,20,21,22,23)/q+1. The quantitative estimate of drug-likeness (QED) is 0.591. The van der Waals surface area contributed by atoms with Crippen molar-refractivity contribution in [2.24, 2.45) is 0 Å². The molecule has 0 saturated heterocycles. The van der Waals surface area contributed by atoms with Crippen LogP contribution >= 0.6 is 0 Å². The molecule has 24 heavy (non-hydrogen) atoms. The van der Waals surface area contributed by atoms with Gasteiger partial charge in [-0.3, -0.25) is 0 Å². The predicted molar refractivity (Wildman–Crippen MR) is 91.3 cm³/mol. The highest BCUT2D eigenvalue weighted by Crippen LogP contribution is 2.25. The number of tetrazole rings is 1. The van der Waals surface area contributed by atoms with Crippen LogP contribution < -0.4 is 4.57 Å². The first-order chi connectivity index (χ1) is 11.8. The van der Waals surface area contributed by atoms with Crippen LogP contribution in [0.4, 0.5) is 0 Å². The lowest BCUT2D eigenvalue weighted by atomic mass is 10.0. The van der Waals surface area contributed by atoms with E-state index in [1.165, 1.54) is 5.56 Å². The Morgan fingerprint density at radius 1 is 0.792 bits per heavy atom. The van der Waals surface area contributed by atoms with Crippen LogP contribution in [-0.2, 0) is 0 Å². The molecule has 5 heteroatoms. The van der Waals surface area contributed by atoms with E-state index in [9.17, 15) is 0 Å². The number of hydrogen-bond acceptors (Lipinski definition) is 3. The normalized spacial score (nSPS) is 10.7. The average molecular weight is 314 g/mol. The number of hydrogen-bond donors (Lipinski definition) is 1. The first-order valence-corrected chi connectivity index (χ1v) is 7.74. The molecule has 2 heterocycles. The second-order valence-electron chi connectivity index (χ2n) is 5.55. The zero-order chi connectivity index (χ0) is 16.4. The molecular weight excluding hydrogens is 298 g/mol. The van der Waals surface area contributed by atoms with Crippen LogP contribution in [0.3, 0.4) is 0 Å². The number of nitrogens with zero attached hydrogens (tertiary/aromatic N) is 4. The zero-order valence-electron chi connectivity index (χ0n) is 13.2. The van der Waals surface area contributed by atoms with Gasteiger partial charge in [0.2, 0.25) is 0 Å². The molecule has 0 aliphatic heterocycles. The molecule has 2 aromatic carbocycles. The largest absolute Gasteiger partial charge is 0.483 e. The van der Waals surface area contributed by atoms with E-state index in [1.807, 2.05) is 41.0 Å². The van der Waals surface area contributed by atoms with Gasteiger partial charge in [-0.2, -0.15) is 4.57 Å². The molecule has 0 unspecified atom stereocenters. The van der Waals surface area contributed by atoms with Crippen molar-refractivity contribution >= 4 is 0 Å². The van der Waals surface area contributed by atoms with Crippen LogP contribution in [0.2, 0.25) is 0 Å². The molecular formula is C19H16N5+. The maximum absolute atomic E-state index is 4.15. The minimum atomic E-state index is 0.533. The third-order valence-corrected chi connectivity index (χ3v) is 3.96. The summed E-state index contributed by atoms with van der Waals surface area (Å²) in [6.45, 7) is 2.05. The van der Waals surface area contributed by atoms with Gasteiger partial charge in [0.05, 0.1) is 10.8 Å². The summed E-state index contributed by atoms with van der Waals surface area (Å²) in [5.41, 5.74) is 5.50. The van der Waals surface area contributed by atoms with E-state index in [4.69, 9.17) is 0 Å². The molecule has 4 rings (SSSR count). The number of nitrogens with one attached hydrogen (secondary N) is 1. The first-order valence-electron chi connectivity index (χ1n) is 7.74. The predicted octanol–water partition coefficient (Wildman–Crippen LogP) is 3.12. The Kier molecular flexibility index (Phi) is 3.59. The Morgan fingerprint density at radius 2 is 1.46 bits per heavy atom. The van der Waals surface area contributed by atoms with Gasteiger partial charge in [0, 0.05) is 15.9 Å². The van der Waals surface area contributed by atoms with Gasteiger partial charge in [-0.05, 0) is 30.2 Å². The van der Waals surface area contributed by atoms with Crippen LogP contribution in [0.25, 0.3) is 28.3 Å². The van der Waals surface area contributed by atoms with Crippen LogP contribution in [0.15, 0.2) is 72.8 Å². The van der Waals surface area contributed by atoms with E-state index in [0.717, 1.165) is 22.5 Å². The monoisotopic (exact) mass is 314 g/mol. The lowest BCUT2D eigenvalue weighted by molar-refractivity contribution is -0.598. The summed E-state index contributed by atoms with van der Waals surface area (Å²) in [5.74, 6) is 0.533. The molecule has 4 aromatic rings. The molecule has 0 aliphatic carbocycles. The van der Waals surface area contributed by atoms with E-state index in [1.54, 1.807) is 0 Å². The van der Waals surface area contributed by atoms with E-state index in [2.05, 4.69) is 63.9 Å². The third-order valence-electron chi connectivity index (χ3n) is 3.96. The maximum Gasteiger partial charge on any atom is 0.483 e. The Morgan fingerprint density at radius 3 is 2.08 bits per heavy atom. The molecule has 5 nitrogen and oxygen atoms in total. The highest BCUT2D eigenvalue weighted by atomic mass is 15.5. The summed E-state index contributed by atoms with van der Waals surface area (Å²) >= 11 is 0. The lowest BCUT2D eigenvalue weighted by Gasteiger charge is -2.11.